The van der Waals surface area contributed by atoms with E-state index in [2.05, 4.69) is 10.6 Å². The SMILES string of the molecule is COC(=O)C(Cc1ccccc1)NC(=O)c1ccc2c(c1)NC(=O)CS2. The van der Waals surface area contributed by atoms with Crippen LogP contribution in [0.15, 0.2) is 53.4 Å². The molecule has 1 heterocycles. The van der Waals surface area contributed by atoms with Crippen molar-refractivity contribution in [3.63, 3.8) is 0 Å². The van der Waals surface area contributed by atoms with Crippen LogP contribution in [0.25, 0.3) is 0 Å². The molecule has 0 aliphatic carbocycles. The number of hydrogen-bond acceptors (Lipinski definition) is 5. The summed E-state index contributed by atoms with van der Waals surface area (Å²) in [7, 11) is 1.29. The molecule has 6 nitrogen and oxygen atoms in total. The molecule has 1 atom stereocenters. The number of benzene rings is 2. The molecule has 3 rings (SSSR count). The number of methoxy groups -OCH3 is 1. The van der Waals surface area contributed by atoms with E-state index in [9.17, 15) is 14.4 Å². The Morgan fingerprint density at radius 2 is 2.00 bits per heavy atom. The van der Waals surface area contributed by atoms with Crippen molar-refractivity contribution in [1.29, 1.82) is 0 Å². The number of esters is 1. The van der Waals surface area contributed by atoms with Gasteiger partial charge in [0.1, 0.15) is 6.04 Å². The fourth-order valence-corrected chi connectivity index (χ4v) is 3.44. The van der Waals surface area contributed by atoms with Crippen LogP contribution >= 0.6 is 11.8 Å². The van der Waals surface area contributed by atoms with Crippen molar-refractivity contribution >= 4 is 35.2 Å². The molecule has 0 fully saturated rings. The fraction of sp³-hybridized carbons (Fsp3) is 0.211. The Morgan fingerprint density at radius 3 is 2.73 bits per heavy atom. The second-order valence-corrected chi connectivity index (χ2v) is 6.80. The lowest BCUT2D eigenvalue weighted by Gasteiger charge is -2.19. The average molecular weight is 370 g/mol. The first-order valence-corrected chi connectivity index (χ1v) is 9.04. The third kappa shape index (κ3) is 4.23. The number of ether oxygens (including phenoxy) is 1. The molecule has 1 unspecified atom stereocenters. The Kier molecular flexibility index (Phi) is 5.58. The molecule has 2 N–H and O–H groups in total. The molecule has 1 aliphatic heterocycles. The van der Waals surface area contributed by atoms with Crippen molar-refractivity contribution in [1.82, 2.24) is 5.32 Å². The van der Waals surface area contributed by atoms with Gasteiger partial charge in [-0.2, -0.15) is 0 Å². The molecule has 0 radical (unpaired) electrons. The van der Waals surface area contributed by atoms with E-state index >= 15 is 0 Å². The van der Waals surface area contributed by atoms with Crippen molar-refractivity contribution in [2.75, 3.05) is 18.2 Å². The molecule has 0 aromatic heterocycles. The average Bonchev–Trinajstić information content (AvgIpc) is 2.67. The molecule has 7 heteroatoms. The van der Waals surface area contributed by atoms with Crippen LogP contribution in [0.2, 0.25) is 0 Å². The van der Waals surface area contributed by atoms with E-state index in [0.29, 0.717) is 23.4 Å². The highest BCUT2D eigenvalue weighted by Crippen LogP contribution is 2.31. The second kappa shape index (κ2) is 8.05. The predicted molar refractivity (Wildman–Crippen MR) is 99.2 cm³/mol. The summed E-state index contributed by atoms with van der Waals surface area (Å²) in [5.74, 6) is -0.649. The first-order chi connectivity index (χ1) is 12.6. The molecule has 0 saturated carbocycles. The van der Waals surface area contributed by atoms with Crippen molar-refractivity contribution < 1.29 is 19.1 Å². The molecule has 2 aromatic carbocycles. The van der Waals surface area contributed by atoms with Crippen LogP contribution in [0.4, 0.5) is 5.69 Å². The smallest absolute Gasteiger partial charge is 0.328 e. The Bertz CT molecular complexity index is 839. The van der Waals surface area contributed by atoms with E-state index in [1.165, 1.54) is 18.9 Å². The van der Waals surface area contributed by atoms with E-state index in [1.807, 2.05) is 30.3 Å². The van der Waals surface area contributed by atoms with Crippen molar-refractivity contribution in [2.24, 2.45) is 0 Å². The van der Waals surface area contributed by atoms with Gasteiger partial charge in [-0.15, -0.1) is 11.8 Å². The molecule has 0 bridgehead atoms. The standard InChI is InChI=1S/C19H18N2O4S/c1-25-19(24)15(9-12-5-3-2-4-6-12)21-18(23)13-7-8-16-14(10-13)20-17(22)11-26-16/h2-8,10,15H,9,11H2,1H3,(H,20,22)(H,21,23). The Hall–Kier alpha value is -2.80. The number of hydrogen-bond donors (Lipinski definition) is 2. The summed E-state index contributed by atoms with van der Waals surface area (Å²) >= 11 is 1.42. The van der Waals surface area contributed by atoms with Crippen LogP contribution in [-0.2, 0) is 20.7 Å². The van der Waals surface area contributed by atoms with Crippen LogP contribution in [0.1, 0.15) is 15.9 Å². The zero-order valence-electron chi connectivity index (χ0n) is 14.2. The molecule has 134 valence electrons. The highest BCUT2D eigenvalue weighted by Gasteiger charge is 2.24. The lowest BCUT2D eigenvalue weighted by atomic mass is 10.1. The summed E-state index contributed by atoms with van der Waals surface area (Å²) in [4.78, 5) is 37.1. The fourth-order valence-electron chi connectivity index (χ4n) is 2.65. The summed E-state index contributed by atoms with van der Waals surface area (Å²) in [6.07, 6.45) is 0.330. The molecule has 0 spiro atoms. The lowest BCUT2D eigenvalue weighted by molar-refractivity contribution is -0.142. The van der Waals surface area contributed by atoms with Crippen molar-refractivity contribution in [2.45, 2.75) is 17.4 Å². The zero-order chi connectivity index (χ0) is 18.5. The van der Waals surface area contributed by atoms with E-state index in [-0.39, 0.29) is 5.91 Å². The first kappa shape index (κ1) is 18.0. The van der Waals surface area contributed by atoms with Gasteiger partial charge in [-0.05, 0) is 23.8 Å². The minimum Gasteiger partial charge on any atom is -0.467 e. The molecular formula is C19H18N2O4S. The van der Waals surface area contributed by atoms with E-state index in [1.54, 1.807) is 18.2 Å². The largest absolute Gasteiger partial charge is 0.467 e. The Labute approximate surface area is 155 Å². The third-order valence-electron chi connectivity index (χ3n) is 3.95. The molecule has 2 amide bonds. The number of fused-ring (bicyclic) bond motifs is 1. The number of carbonyl (C=O) groups excluding carboxylic acids is 3. The van der Waals surface area contributed by atoms with Crippen LogP contribution in [-0.4, -0.2) is 36.7 Å². The lowest BCUT2D eigenvalue weighted by Crippen LogP contribution is -2.43. The highest BCUT2D eigenvalue weighted by atomic mass is 32.2. The monoisotopic (exact) mass is 370 g/mol. The number of rotatable bonds is 5. The van der Waals surface area contributed by atoms with Gasteiger partial charge in [0.2, 0.25) is 5.91 Å². The van der Waals surface area contributed by atoms with Crippen molar-refractivity contribution in [3.05, 3.63) is 59.7 Å². The minimum absolute atomic E-state index is 0.100. The van der Waals surface area contributed by atoms with Crippen LogP contribution in [0.3, 0.4) is 0 Å². The number of carbonyl (C=O) groups is 3. The van der Waals surface area contributed by atoms with Gasteiger partial charge in [-0.1, -0.05) is 30.3 Å². The van der Waals surface area contributed by atoms with E-state index < -0.39 is 17.9 Å². The van der Waals surface area contributed by atoms with Crippen molar-refractivity contribution in [3.8, 4) is 0 Å². The van der Waals surface area contributed by atoms with Gasteiger partial charge in [0.05, 0.1) is 18.6 Å². The predicted octanol–water partition coefficient (Wildman–Crippen LogP) is 2.24. The zero-order valence-corrected chi connectivity index (χ0v) is 15.0. The van der Waals surface area contributed by atoms with Gasteiger partial charge in [0.25, 0.3) is 5.91 Å². The molecule has 2 aromatic rings. The number of anilines is 1. The van der Waals surface area contributed by atoms with Crippen LogP contribution in [0, 0.1) is 0 Å². The quantitative estimate of drug-likeness (QED) is 0.789. The maximum Gasteiger partial charge on any atom is 0.328 e. The summed E-state index contributed by atoms with van der Waals surface area (Å²) in [5.41, 5.74) is 1.89. The molecule has 26 heavy (non-hydrogen) atoms. The normalized spacial score (nSPS) is 14.0. The van der Waals surface area contributed by atoms with Crippen LogP contribution < -0.4 is 10.6 Å². The summed E-state index contributed by atoms with van der Waals surface area (Å²) in [6.45, 7) is 0. The topological polar surface area (TPSA) is 84.5 Å². The second-order valence-electron chi connectivity index (χ2n) is 5.79. The molecule has 1 aliphatic rings. The van der Waals surface area contributed by atoms with E-state index in [4.69, 9.17) is 4.74 Å². The summed E-state index contributed by atoms with van der Waals surface area (Å²) < 4.78 is 4.81. The molecule has 0 saturated heterocycles. The summed E-state index contributed by atoms with van der Waals surface area (Å²) in [6, 6.07) is 13.7. The van der Waals surface area contributed by atoms with Gasteiger partial charge in [-0.25, -0.2) is 4.79 Å². The highest BCUT2D eigenvalue weighted by molar-refractivity contribution is 8.00. The number of thioether (sulfide) groups is 1. The first-order valence-electron chi connectivity index (χ1n) is 8.06. The number of nitrogens with one attached hydrogen (secondary N) is 2. The minimum atomic E-state index is -0.796. The van der Waals surface area contributed by atoms with Gasteiger partial charge in [0, 0.05) is 16.9 Å². The number of amides is 2. The third-order valence-corrected chi connectivity index (χ3v) is 5.02. The summed E-state index contributed by atoms with van der Waals surface area (Å²) in [5, 5.41) is 5.47. The van der Waals surface area contributed by atoms with Gasteiger partial charge in [0.15, 0.2) is 0 Å². The van der Waals surface area contributed by atoms with Gasteiger partial charge < -0.3 is 15.4 Å². The van der Waals surface area contributed by atoms with Crippen LogP contribution in [0.5, 0.6) is 0 Å². The molecular weight excluding hydrogens is 352 g/mol. The van der Waals surface area contributed by atoms with Gasteiger partial charge in [-0.3, -0.25) is 9.59 Å². The Morgan fingerprint density at radius 1 is 1.23 bits per heavy atom. The maximum absolute atomic E-state index is 12.6. The van der Waals surface area contributed by atoms with Gasteiger partial charge >= 0.3 is 5.97 Å². The maximum atomic E-state index is 12.6. The Balaban J connectivity index is 1.76. The van der Waals surface area contributed by atoms with E-state index in [0.717, 1.165) is 10.5 Å².